The predicted molar refractivity (Wildman–Crippen MR) is 109 cm³/mol. The summed E-state index contributed by atoms with van der Waals surface area (Å²) in [6, 6.07) is 13.2. The molecule has 0 amide bonds. The van der Waals surface area contributed by atoms with E-state index < -0.39 is 0 Å². The molecule has 26 heavy (non-hydrogen) atoms. The summed E-state index contributed by atoms with van der Waals surface area (Å²) in [5.41, 5.74) is 5.55. The minimum atomic E-state index is 0.593. The van der Waals surface area contributed by atoms with Crippen LogP contribution in [0.3, 0.4) is 0 Å². The molecule has 2 heterocycles. The Balaban J connectivity index is 0.000000151. The summed E-state index contributed by atoms with van der Waals surface area (Å²) in [7, 11) is 0. The van der Waals surface area contributed by atoms with Crippen LogP contribution in [0.5, 0.6) is 11.5 Å². The third-order valence-corrected chi connectivity index (χ3v) is 5.21. The van der Waals surface area contributed by atoms with Crippen molar-refractivity contribution in [2.75, 3.05) is 13.2 Å². The van der Waals surface area contributed by atoms with Crippen LogP contribution in [-0.2, 0) is 12.8 Å². The average molecular weight is 353 g/mol. The number of benzene rings is 2. The Kier molecular flexibility index (Phi) is 6.24. The molecule has 140 valence electrons. The van der Waals surface area contributed by atoms with Crippen LogP contribution in [-0.4, -0.2) is 13.2 Å². The van der Waals surface area contributed by atoms with Crippen LogP contribution in [0.15, 0.2) is 36.4 Å². The van der Waals surface area contributed by atoms with Crippen LogP contribution < -0.4 is 9.47 Å². The van der Waals surface area contributed by atoms with Gasteiger partial charge in [0.2, 0.25) is 0 Å². The molecule has 0 N–H and O–H groups in total. The third-order valence-electron chi connectivity index (χ3n) is 5.21. The molecule has 0 spiro atoms. The second kappa shape index (κ2) is 8.62. The molecule has 0 saturated heterocycles. The van der Waals surface area contributed by atoms with Gasteiger partial charge in [-0.15, -0.1) is 0 Å². The fourth-order valence-electron chi connectivity index (χ4n) is 3.46. The Bertz CT molecular complexity index is 667. The molecule has 2 aromatic carbocycles. The largest absolute Gasteiger partial charge is 0.493 e. The van der Waals surface area contributed by atoms with E-state index in [1.165, 1.54) is 35.1 Å². The fourth-order valence-corrected chi connectivity index (χ4v) is 3.46. The third kappa shape index (κ3) is 4.60. The van der Waals surface area contributed by atoms with E-state index in [2.05, 4.69) is 64.1 Å². The summed E-state index contributed by atoms with van der Waals surface area (Å²) in [6.07, 6.45) is 4.67. The molecule has 0 fully saturated rings. The highest BCUT2D eigenvalue weighted by Gasteiger charge is 2.12. The SMILES string of the molecule is CC(C)c1ccc2c(c1)CCCO2.CC(C)c1ccc2c(c1)OCCC2. The molecule has 0 aliphatic carbocycles. The smallest absolute Gasteiger partial charge is 0.122 e. The van der Waals surface area contributed by atoms with Crippen molar-refractivity contribution in [2.24, 2.45) is 0 Å². The molecule has 2 heteroatoms. The van der Waals surface area contributed by atoms with E-state index in [4.69, 9.17) is 9.47 Å². The van der Waals surface area contributed by atoms with Crippen LogP contribution in [0, 0.1) is 0 Å². The molecule has 0 atom stereocenters. The first-order valence-electron chi connectivity index (χ1n) is 10.1. The van der Waals surface area contributed by atoms with Gasteiger partial charge in [-0.05, 0) is 71.9 Å². The van der Waals surface area contributed by atoms with Crippen LogP contribution in [0.1, 0.15) is 74.6 Å². The highest BCUT2D eigenvalue weighted by molar-refractivity contribution is 5.40. The molecule has 2 aliphatic heterocycles. The lowest BCUT2D eigenvalue weighted by molar-refractivity contribution is 0.288. The van der Waals surface area contributed by atoms with Gasteiger partial charge in [0, 0.05) is 0 Å². The topological polar surface area (TPSA) is 18.5 Å². The molecular formula is C24H32O2. The van der Waals surface area contributed by atoms with Crippen molar-refractivity contribution < 1.29 is 9.47 Å². The van der Waals surface area contributed by atoms with Crippen molar-refractivity contribution >= 4 is 0 Å². The Morgan fingerprint density at radius 2 is 1.23 bits per heavy atom. The highest BCUT2D eigenvalue weighted by Crippen LogP contribution is 2.29. The summed E-state index contributed by atoms with van der Waals surface area (Å²) in [5.74, 6) is 3.41. The lowest BCUT2D eigenvalue weighted by Crippen LogP contribution is -2.08. The van der Waals surface area contributed by atoms with Gasteiger partial charge in [-0.3, -0.25) is 0 Å². The first-order chi connectivity index (χ1) is 12.5. The Morgan fingerprint density at radius 3 is 1.92 bits per heavy atom. The number of rotatable bonds is 2. The van der Waals surface area contributed by atoms with E-state index in [9.17, 15) is 0 Å². The number of hydrogen-bond donors (Lipinski definition) is 0. The number of fused-ring (bicyclic) bond motifs is 2. The lowest BCUT2D eigenvalue weighted by Gasteiger charge is -2.18. The standard InChI is InChI=1S/2C12H16O/c1-9(2)10-5-6-12-11(8-10)4-3-7-13-12;1-9(2)11-6-5-10-4-3-7-13-12(10)8-11/h2*5-6,8-9H,3-4,7H2,1-2H3. The molecular weight excluding hydrogens is 320 g/mol. The Hall–Kier alpha value is -1.96. The molecule has 4 rings (SSSR count). The van der Waals surface area contributed by atoms with Gasteiger partial charge in [0.05, 0.1) is 13.2 Å². The minimum Gasteiger partial charge on any atom is -0.493 e. The number of ether oxygens (including phenoxy) is 2. The maximum Gasteiger partial charge on any atom is 0.122 e. The van der Waals surface area contributed by atoms with Crippen LogP contribution in [0.2, 0.25) is 0 Å². The van der Waals surface area contributed by atoms with Crippen LogP contribution in [0.25, 0.3) is 0 Å². The fraction of sp³-hybridized carbons (Fsp3) is 0.500. The normalized spacial score (nSPS) is 15.3. The van der Waals surface area contributed by atoms with E-state index in [1.807, 2.05) is 0 Å². The van der Waals surface area contributed by atoms with Crippen molar-refractivity contribution in [3.63, 3.8) is 0 Å². The summed E-state index contributed by atoms with van der Waals surface area (Å²) >= 11 is 0. The monoisotopic (exact) mass is 352 g/mol. The van der Waals surface area contributed by atoms with Crippen molar-refractivity contribution in [2.45, 2.75) is 65.2 Å². The van der Waals surface area contributed by atoms with E-state index >= 15 is 0 Å². The second-order valence-electron chi connectivity index (χ2n) is 7.95. The van der Waals surface area contributed by atoms with Gasteiger partial charge in [0.1, 0.15) is 11.5 Å². The Labute approximate surface area is 158 Å². The summed E-state index contributed by atoms with van der Waals surface area (Å²) in [5, 5.41) is 0. The first-order valence-corrected chi connectivity index (χ1v) is 10.1. The van der Waals surface area contributed by atoms with Gasteiger partial charge in [0.15, 0.2) is 0 Å². The van der Waals surface area contributed by atoms with Crippen molar-refractivity contribution in [3.05, 3.63) is 58.7 Å². The number of aryl methyl sites for hydroxylation is 2. The van der Waals surface area contributed by atoms with Crippen LogP contribution in [0.4, 0.5) is 0 Å². The van der Waals surface area contributed by atoms with Crippen molar-refractivity contribution in [1.29, 1.82) is 0 Å². The maximum atomic E-state index is 5.61. The first kappa shape index (κ1) is 18.8. The van der Waals surface area contributed by atoms with Gasteiger partial charge >= 0.3 is 0 Å². The average Bonchev–Trinajstić information content (AvgIpc) is 2.67. The van der Waals surface area contributed by atoms with Crippen molar-refractivity contribution in [1.82, 2.24) is 0 Å². The van der Waals surface area contributed by atoms with E-state index in [-0.39, 0.29) is 0 Å². The summed E-state index contributed by atoms with van der Waals surface area (Å²) in [4.78, 5) is 0. The zero-order chi connectivity index (χ0) is 18.5. The van der Waals surface area contributed by atoms with Crippen LogP contribution >= 0.6 is 0 Å². The molecule has 2 aromatic rings. The van der Waals surface area contributed by atoms with Gasteiger partial charge in [-0.1, -0.05) is 52.0 Å². The molecule has 2 aliphatic rings. The molecule has 0 bridgehead atoms. The molecule has 0 aromatic heterocycles. The lowest BCUT2D eigenvalue weighted by atomic mass is 9.97. The molecule has 0 radical (unpaired) electrons. The molecule has 2 nitrogen and oxygen atoms in total. The van der Waals surface area contributed by atoms with E-state index in [1.54, 1.807) is 0 Å². The minimum absolute atomic E-state index is 0.593. The second-order valence-corrected chi connectivity index (χ2v) is 7.95. The highest BCUT2D eigenvalue weighted by atomic mass is 16.5. The Morgan fingerprint density at radius 1 is 0.654 bits per heavy atom. The zero-order valence-electron chi connectivity index (χ0n) is 16.7. The zero-order valence-corrected chi connectivity index (χ0v) is 16.7. The predicted octanol–water partition coefficient (Wildman–Crippen LogP) is 6.27. The van der Waals surface area contributed by atoms with Gasteiger partial charge in [0.25, 0.3) is 0 Å². The van der Waals surface area contributed by atoms with E-state index in [0.29, 0.717) is 11.8 Å². The number of hydrogen-bond acceptors (Lipinski definition) is 2. The quantitative estimate of drug-likeness (QED) is 0.634. The summed E-state index contributed by atoms with van der Waals surface area (Å²) < 4.78 is 11.2. The van der Waals surface area contributed by atoms with Gasteiger partial charge < -0.3 is 9.47 Å². The van der Waals surface area contributed by atoms with E-state index in [0.717, 1.165) is 37.6 Å². The summed E-state index contributed by atoms with van der Waals surface area (Å²) in [6.45, 7) is 10.6. The van der Waals surface area contributed by atoms with Gasteiger partial charge in [-0.2, -0.15) is 0 Å². The maximum absolute atomic E-state index is 5.61. The van der Waals surface area contributed by atoms with Gasteiger partial charge in [-0.25, -0.2) is 0 Å². The van der Waals surface area contributed by atoms with Crippen molar-refractivity contribution in [3.8, 4) is 11.5 Å². The molecule has 0 saturated carbocycles. The molecule has 0 unspecified atom stereocenters.